The zero-order valence-corrected chi connectivity index (χ0v) is 20.8. The number of alkyl halides is 3. The highest BCUT2D eigenvalue weighted by Gasteiger charge is 2.38. The molecule has 0 aliphatic rings. The molecule has 0 heterocycles. The van der Waals surface area contributed by atoms with Gasteiger partial charge in [-0.15, -0.1) is 0 Å². The zero-order valence-electron chi connectivity index (χ0n) is 20.8. The fourth-order valence-electron chi connectivity index (χ4n) is 1.49. The van der Waals surface area contributed by atoms with Crippen LogP contribution in [0.25, 0.3) is 0 Å². The number of ether oxygens (including phenoxy) is 1. The maximum absolute atomic E-state index is 11.2. The first-order chi connectivity index (χ1) is 15.8. The predicted octanol–water partition coefficient (Wildman–Crippen LogP) is 0.327. The number of amides is 2. The largest absolute Gasteiger partial charge is 0.490 e. The van der Waals surface area contributed by atoms with Crippen LogP contribution in [-0.2, 0) is 28.7 Å². The summed E-state index contributed by atoms with van der Waals surface area (Å²) < 4.78 is 36.2. The molecule has 12 nitrogen and oxygen atoms in total. The van der Waals surface area contributed by atoms with E-state index in [1.165, 1.54) is 0 Å². The minimum atomic E-state index is -5.08. The number of carboxylic acid groups (broad SMARTS) is 1. The number of esters is 2. The van der Waals surface area contributed by atoms with Crippen LogP contribution in [0.5, 0.6) is 0 Å². The number of carbonyl (C=O) groups excluding carboxylic acids is 4. The smallest absolute Gasteiger partial charge is 0.475 e. The summed E-state index contributed by atoms with van der Waals surface area (Å²) in [5.74, 6) is -4.75. The number of nitrogens with two attached hydrogens (primary N) is 3. The molecule has 2 amide bonds. The summed E-state index contributed by atoms with van der Waals surface area (Å²) in [6.07, 6.45) is -3.50. The van der Waals surface area contributed by atoms with Crippen molar-refractivity contribution in [3.05, 3.63) is 0 Å². The van der Waals surface area contributed by atoms with Crippen molar-refractivity contribution in [2.45, 2.75) is 85.1 Å². The number of nitrogens with one attached hydrogen (secondary N) is 2. The van der Waals surface area contributed by atoms with E-state index >= 15 is 0 Å². The Bertz CT molecular complexity index is 689. The van der Waals surface area contributed by atoms with Gasteiger partial charge in [0.15, 0.2) is 0 Å². The summed E-state index contributed by atoms with van der Waals surface area (Å²) in [4.78, 5) is 53.4. The Morgan fingerprint density at radius 3 is 1.60 bits per heavy atom. The predicted molar refractivity (Wildman–Crippen MR) is 120 cm³/mol. The standard InChI is InChI=1S/C9H19N3O2.C9H18N2O3.C2HF3O2/c1-4-5-7(13)11-12-9(14)8(10)6(2)3;1-4-6(10)8(12)14-9(13)7(11)5(2)3;3-2(4,5)1(6)7/h6,8H,4-5,10H2,1-3H3,(H,11,13)(H,12,14);5-7H,4,10-11H2,1-3H3;(H,6,7). The van der Waals surface area contributed by atoms with Gasteiger partial charge in [-0.2, -0.15) is 13.2 Å². The van der Waals surface area contributed by atoms with Crippen LogP contribution < -0.4 is 28.1 Å². The molecule has 0 saturated carbocycles. The zero-order chi connectivity index (χ0) is 28.5. The lowest BCUT2D eigenvalue weighted by atomic mass is 10.1. The molecule has 9 N–H and O–H groups in total. The quantitative estimate of drug-likeness (QED) is 0.147. The normalized spacial score (nSPS) is 13.2. The Morgan fingerprint density at radius 1 is 0.857 bits per heavy atom. The molecule has 0 aliphatic heterocycles. The molecule has 35 heavy (non-hydrogen) atoms. The van der Waals surface area contributed by atoms with Crippen molar-refractivity contribution in [3.8, 4) is 0 Å². The number of aliphatic carboxylic acids is 1. The van der Waals surface area contributed by atoms with Gasteiger partial charge in [0.25, 0.3) is 5.91 Å². The first-order valence-corrected chi connectivity index (χ1v) is 10.7. The molecule has 0 aromatic rings. The molecule has 3 atom stereocenters. The van der Waals surface area contributed by atoms with Crippen molar-refractivity contribution in [3.63, 3.8) is 0 Å². The van der Waals surface area contributed by atoms with Gasteiger partial charge in [-0.3, -0.25) is 20.4 Å². The van der Waals surface area contributed by atoms with E-state index in [0.29, 0.717) is 12.8 Å². The van der Waals surface area contributed by atoms with Crippen LogP contribution >= 0.6 is 0 Å². The molecule has 0 bridgehead atoms. The first-order valence-electron chi connectivity index (χ1n) is 10.7. The maximum Gasteiger partial charge on any atom is 0.490 e. The average Bonchev–Trinajstić information content (AvgIpc) is 2.75. The molecule has 0 fully saturated rings. The Balaban J connectivity index is -0.000000465. The van der Waals surface area contributed by atoms with Gasteiger partial charge in [-0.25, -0.2) is 14.4 Å². The van der Waals surface area contributed by atoms with E-state index in [1.807, 2.05) is 20.8 Å². The third-order valence-corrected chi connectivity index (χ3v) is 4.00. The van der Waals surface area contributed by atoms with Crippen LogP contribution in [0.3, 0.4) is 0 Å². The summed E-state index contributed by atoms with van der Waals surface area (Å²) in [5, 5.41) is 7.12. The second-order valence-electron chi connectivity index (χ2n) is 7.88. The van der Waals surface area contributed by atoms with E-state index in [-0.39, 0.29) is 23.7 Å². The minimum Gasteiger partial charge on any atom is -0.475 e. The van der Waals surface area contributed by atoms with Crippen LogP contribution in [0.1, 0.15) is 60.8 Å². The summed E-state index contributed by atoms with van der Waals surface area (Å²) in [6.45, 7) is 10.9. The SMILES string of the molecule is CCC(N)C(=O)OC(=O)C(N)C(C)C.CCCC(=O)NNC(=O)C(N)C(C)C.O=C(O)C(F)(F)F. The number of hydrogen-bond acceptors (Lipinski definition) is 9. The van der Waals surface area contributed by atoms with E-state index in [4.69, 9.17) is 27.1 Å². The van der Waals surface area contributed by atoms with Crippen molar-refractivity contribution < 1.29 is 47.0 Å². The van der Waals surface area contributed by atoms with Crippen LogP contribution in [-0.4, -0.2) is 59.1 Å². The summed E-state index contributed by atoms with van der Waals surface area (Å²) >= 11 is 0. The van der Waals surface area contributed by atoms with Crippen molar-refractivity contribution in [2.75, 3.05) is 0 Å². The molecule has 0 radical (unpaired) electrons. The monoisotopic (exact) mass is 517 g/mol. The van der Waals surface area contributed by atoms with Gasteiger partial charge in [0, 0.05) is 6.42 Å². The van der Waals surface area contributed by atoms with Crippen molar-refractivity contribution in [1.82, 2.24) is 10.9 Å². The van der Waals surface area contributed by atoms with Crippen LogP contribution in [0.4, 0.5) is 13.2 Å². The molecule has 0 aromatic carbocycles. The van der Waals surface area contributed by atoms with Gasteiger partial charge in [0.05, 0.1) is 6.04 Å². The van der Waals surface area contributed by atoms with Gasteiger partial charge < -0.3 is 27.0 Å². The third kappa shape index (κ3) is 19.2. The lowest BCUT2D eigenvalue weighted by molar-refractivity contribution is -0.192. The van der Waals surface area contributed by atoms with Crippen molar-refractivity contribution in [2.24, 2.45) is 29.0 Å². The molecule has 15 heteroatoms. The van der Waals surface area contributed by atoms with E-state index in [1.54, 1.807) is 20.8 Å². The number of hydrogen-bond donors (Lipinski definition) is 6. The van der Waals surface area contributed by atoms with Gasteiger partial charge in [0.1, 0.15) is 12.1 Å². The molecule has 0 spiro atoms. The lowest BCUT2D eigenvalue weighted by Gasteiger charge is -2.15. The van der Waals surface area contributed by atoms with E-state index in [9.17, 15) is 32.3 Å². The highest BCUT2D eigenvalue weighted by atomic mass is 19.4. The fraction of sp³-hybridized carbons (Fsp3) is 0.750. The topological polar surface area (TPSA) is 217 Å². The molecule has 3 unspecified atom stereocenters. The fourth-order valence-corrected chi connectivity index (χ4v) is 1.49. The van der Waals surface area contributed by atoms with Gasteiger partial charge in [-0.1, -0.05) is 41.5 Å². The lowest BCUT2D eigenvalue weighted by Crippen LogP contribution is -2.51. The Labute approximate surface area is 202 Å². The van der Waals surface area contributed by atoms with E-state index in [2.05, 4.69) is 15.6 Å². The molecule has 0 aliphatic carbocycles. The number of hydrazine groups is 1. The average molecular weight is 518 g/mol. The summed E-state index contributed by atoms with van der Waals surface area (Å²) in [5.41, 5.74) is 21.0. The number of rotatable bonds is 8. The molecular formula is C20H38F3N5O7. The maximum atomic E-state index is 11.2. The number of halogens is 3. The Kier molecular flexibility index (Phi) is 19.5. The Hall–Kier alpha value is -2.78. The molecule has 0 saturated heterocycles. The molecule has 0 aromatic heterocycles. The second kappa shape index (κ2) is 18.5. The molecule has 206 valence electrons. The number of carboxylic acids is 1. The minimum absolute atomic E-state index is 0.0538. The first kappa shape index (κ1) is 36.8. The molecular weight excluding hydrogens is 479 g/mol. The van der Waals surface area contributed by atoms with Crippen LogP contribution in [0.2, 0.25) is 0 Å². The number of carbonyl (C=O) groups is 5. The molecule has 0 rings (SSSR count). The Morgan fingerprint density at radius 2 is 1.29 bits per heavy atom. The van der Waals surface area contributed by atoms with E-state index < -0.39 is 42.2 Å². The summed E-state index contributed by atoms with van der Waals surface area (Å²) in [6, 6.07) is -2.11. The van der Waals surface area contributed by atoms with Crippen LogP contribution in [0.15, 0.2) is 0 Å². The highest BCUT2D eigenvalue weighted by molar-refractivity contribution is 5.90. The van der Waals surface area contributed by atoms with E-state index in [0.717, 1.165) is 6.42 Å². The van der Waals surface area contributed by atoms with Crippen molar-refractivity contribution in [1.29, 1.82) is 0 Å². The van der Waals surface area contributed by atoms with Crippen molar-refractivity contribution >= 4 is 29.7 Å². The van der Waals surface area contributed by atoms with Gasteiger partial charge in [-0.05, 0) is 24.7 Å². The highest BCUT2D eigenvalue weighted by Crippen LogP contribution is 2.13. The van der Waals surface area contributed by atoms with Crippen LogP contribution in [0, 0.1) is 11.8 Å². The van der Waals surface area contributed by atoms with Gasteiger partial charge >= 0.3 is 24.1 Å². The summed E-state index contributed by atoms with van der Waals surface area (Å²) in [7, 11) is 0. The van der Waals surface area contributed by atoms with Gasteiger partial charge in [0.2, 0.25) is 5.91 Å². The second-order valence-corrected chi connectivity index (χ2v) is 7.88. The third-order valence-electron chi connectivity index (χ3n) is 4.00.